The average molecular weight is 257 g/mol. The van der Waals surface area contributed by atoms with Crippen LogP contribution in [0.3, 0.4) is 0 Å². The second-order valence-corrected chi connectivity index (χ2v) is 3.82. The van der Waals surface area contributed by atoms with E-state index in [0.29, 0.717) is 0 Å². The number of hydrogen-bond acceptors (Lipinski definition) is 7. The Bertz CT molecular complexity index is 473. The highest BCUT2D eigenvalue weighted by Gasteiger charge is 2.36. The van der Waals surface area contributed by atoms with Crippen LogP contribution >= 0.6 is 11.6 Å². The first-order valence-corrected chi connectivity index (χ1v) is 5.09. The Morgan fingerprint density at radius 2 is 2.12 bits per heavy atom. The van der Waals surface area contributed by atoms with E-state index < -0.39 is 6.04 Å². The summed E-state index contributed by atoms with van der Waals surface area (Å²) in [6, 6.07) is -0.689. The number of aromatic nitrogens is 3. The number of nitrogens with zero attached hydrogens (tertiary/aromatic N) is 4. The molecule has 3 N–H and O–H groups in total. The van der Waals surface area contributed by atoms with Crippen molar-refractivity contribution in [3.8, 4) is 0 Å². The van der Waals surface area contributed by atoms with Gasteiger partial charge in [0.05, 0.1) is 6.42 Å². The van der Waals surface area contributed by atoms with Gasteiger partial charge in [0.2, 0.25) is 23.1 Å². The lowest BCUT2D eigenvalue weighted by atomic mass is 10.2. The van der Waals surface area contributed by atoms with Crippen molar-refractivity contribution in [2.75, 3.05) is 18.1 Å². The van der Waals surface area contributed by atoms with Gasteiger partial charge in [-0.1, -0.05) is 0 Å². The van der Waals surface area contributed by atoms with E-state index in [-0.39, 0.29) is 35.4 Å². The fourth-order valence-electron chi connectivity index (χ4n) is 1.45. The van der Waals surface area contributed by atoms with Crippen molar-refractivity contribution in [3.05, 3.63) is 5.28 Å². The number of rotatable bonds is 2. The summed E-state index contributed by atoms with van der Waals surface area (Å²) < 4.78 is 0. The number of likely N-dealkylation sites (tertiary alicyclic amines) is 1. The number of likely N-dealkylation sites (N-methyl/N-ethyl adjacent to an activating group) is 1. The molecule has 1 saturated heterocycles. The van der Waals surface area contributed by atoms with Crippen LogP contribution in [0.1, 0.15) is 6.42 Å². The highest BCUT2D eigenvalue weighted by molar-refractivity contribution is 6.28. The van der Waals surface area contributed by atoms with Crippen LogP contribution in [0.5, 0.6) is 0 Å². The fourth-order valence-corrected chi connectivity index (χ4v) is 1.62. The third-order valence-electron chi connectivity index (χ3n) is 2.31. The van der Waals surface area contributed by atoms with E-state index >= 15 is 0 Å². The summed E-state index contributed by atoms with van der Waals surface area (Å²) in [4.78, 5) is 35.0. The number of carbonyl (C=O) groups is 2. The Morgan fingerprint density at radius 1 is 1.41 bits per heavy atom. The summed E-state index contributed by atoms with van der Waals surface area (Å²) in [6.45, 7) is 0. The first-order chi connectivity index (χ1) is 7.97. The molecule has 1 fully saturated rings. The number of anilines is 2. The maximum absolute atomic E-state index is 11.6. The Morgan fingerprint density at radius 3 is 2.65 bits per heavy atom. The standard InChI is InChI=1S/C8H9ClN6O2/c1-15-4(16)2-3(5(15)17)11-8-13-6(9)12-7(10)14-8/h3H,2H2,1H3,(H3,10,11,12,13,14). The largest absolute Gasteiger partial charge is 0.368 e. The predicted octanol–water partition coefficient (Wildman–Crippen LogP) is -0.724. The van der Waals surface area contributed by atoms with Crippen molar-refractivity contribution in [3.63, 3.8) is 0 Å². The minimum Gasteiger partial charge on any atom is -0.368 e. The zero-order valence-electron chi connectivity index (χ0n) is 8.85. The first-order valence-electron chi connectivity index (χ1n) is 4.71. The highest BCUT2D eigenvalue weighted by atomic mass is 35.5. The topological polar surface area (TPSA) is 114 Å². The molecule has 2 heterocycles. The van der Waals surface area contributed by atoms with Gasteiger partial charge in [0, 0.05) is 7.05 Å². The van der Waals surface area contributed by atoms with Crippen LogP contribution in [0.25, 0.3) is 0 Å². The quantitative estimate of drug-likeness (QED) is 0.671. The second kappa shape index (κ2) is 4.13. The van der Waals surface area contributed by atoms with E-state index in [9.17, 15) is 9.59 Å². The lowest BCUT2D eigenvalue weighted by Gasteiger charge is -2.10. The van der Waals surface area contributed by atoms with Gasteiger partial charge < -0.3 is 11.1 Å². The fraction of sp³-hybridized carbons (Fsp3) is 0.375. The Labute approximate surface area is 101 Å². The molecule has 0 radical (unpaired) electrons. The van der Waals surface area contributed by atoms with Crippen molar-refractivity contribution in [2.24, 2.45) is 0 Å². The number of imide groups is 1. The molecular weight excluding hydrogens is 248 g/mol. The summed E-state index contributed by atoms with van der Waals surface area (Å²) in [5.74, 6) is -0.590. The lowest BCUT2D eigenvalue weighted by Crippen LogP contribution is -2.32. The van der Waals surface area contributed by atoms with Crippen molar-refractivity contribution in [1.82, 2.24) is 19.9 Å². The average Bonchev–Trinajstić information content (AvgIpc) is 2.45. The molecule has 2 amide bonds. The monoisotopic (exact) mass is 256 g/mol. The number of nitrogen functional groups attached to an aromatic ring is 1. The summed E-state index contributed by atoms with van der Waals surface area (Å²) >= 11 is 5.58. The number of nitrogens with two attached hydrogens (primary N) is 1. The van der Waals surface area contributed by atoms with Gasteiger partial charge in [-0.25, -0.2) is 0 Å². The van der Waals surface area contributed by atoms with Crippen molar-refractivity contribution in [2.45, 2.75) is 12.5 Å². The minimum atomic E-state index is -0.689. The van der Waals surface area contributed by atoms with Crippen LogP contribution in [0.4, 0.5) is 11.9 Å². The molecule has 0 aromatic carbocycles. The van der Waals surface area contributed by atoms with E-state index in [0.717, 1.165) is 4.90 Å². The first kappa shape index (κ1) is 11.5. The van der Waals surface area contributed by atoms with Gasteiger partial charge in [-0.15, -0.1) is 0 Å². The van der Waals surface area contributed by atoms with Crippen LogP contribution in [-0.4, -0.2) is 44.8 Å². The number of hydrogen-bond donors (Lipinski definition) is 2. The maximum Gasteiger partial charge on any atom is 0.252 e. The zero-order chi connectivity index (χ0) is 12.6. The smallest absolute Gasteiger partial charge is 0.252 e. The van der Waals surface area contributed by atoms with E-state index in [1.54, 1.807) is 0 Å². The third-order valence-corrected chi connectivity index (χ3v) is 2.48. The molecule has 2 rings (SSSR count). The molecule has 1 aromatic heterocycles. The molecule has 0 aliphatic carbocycles. The SMILES string of the molecule is CN1C(=O)CC(Nc2nc(N)nc(Cl)n2)C1=O. The van der Waals surface area contributed by atoms with Gasteiger partial charge in [-0.2, -0.15) is 15.0 Å². The molecule has 8 nitrogen and oxygen atoms in total. The van der Waals surface area contributed by atoms with Gasteiger partial charge in [-0.05, 0) is 11.6 Å². The van der Waals surface area contributed by atoms with E-state index in [2.05, 4.69) is 20.3 Å². The van der Waals surface area contributed by atoms with Gasteiger partial charge in [0.1, 0.15) is 6.04 Å². The molecule has 17 heavy (non-hydrogen) atoms. The second-order valence-electron chi connectivity index (χ2n) is 3.48. The molecule has 9 heteroatoms. The molecule has 0 saturated carbocycles. The molecule has 1 aromatic rings. The highest BCUT2D eigenvalue weighted by Crippen LogP contribution is 2.15. The number of halogens is 1. The van der Waals surface area contributed by atoms with Crippen molar-refractivity contribution >= 4 is 35.3 Å². The number of carbonyl (C=O) groups excluding carboxylic acids is 2. The Kier molecular flexibility index (Phi) is 2.80. The summed E-state index contributed by atoms with van der Waals surface area (Å²) in [6.07, 6.45) is 0.0541. The van der Waals surface area contributed by atoms with Gasteiger partial charge in [0.25, 0.3) is 5.91 Å². The lowest BCUT2D eigenvalue weighted by molar-refractivity contribution is -0.136. The van der Waals surface area contributed by atoms with Crippen molar-refractivity contribution in [1.29, 1.82) is 0 Å². The Hall–Kier alpha value is -1.96. The summed E-state index contributed by atoms with van der Waals surface area (Å²) in [5, 5.41) is 2.62. The van der Waals surface area contributed by atoms with Crippen LogP contribution in [-0.2, 0) is 9.59 Å². The van der Waals surface area contributed by atoms with Crippen molar-refractivity contribution < 1.29 is 9.59 Å². The van der Waals surface area contributed by atoms with E-state index in [1.807, 2.05) is 0 Å². The van der Waals surface area contributed by atoms with E-state index in [1.165, 1.54) is 7.05 Å². The normalized spacial score (nSPS) is 19.9. The molecule has 1 aliphatic heterocycles. The molecular formula is C8H9ClN6O2. The molecule has 90 valence electrons. The van der Waals surface area contributed by atoms with Crippen LogP contribution < -0.4 is 11.1 Å². The molecule has 1 aliphatic rings. The predicted molar refractivity (Wildman–Crippen MR) is 59.1 cm³/mol. The summed E-state index contributed by atoms with van der Waals surface area (Å²) in [5.41, 5.74) is 5.37. The number of nitrogens with one attached hydrogen (secondary N) is 1. The van der Waals surface area contributed by atoms with Crippen LogP contribution in [0, 0.1) is 0 Å². The number of amides is 2. The van der Waals surface area contributed by atoms with E-state index in [4.69, 9.17) is 17.3 Å². The molecule has 1 unspecified atom stereocenters. The van der Waals surface area contributed by atoms with Crippen LogP contribution in [0.15, 0.2) is 0 Å². The summed E-state index contributed by atoms with van der Waals surface area (Å²) in [7, 11) is 1.42. The minimum absolute atomic E-state index is 0.0541. The van der Waals surface area contributed by atoms with Crippen LogP contribution in [0.2, 0.25) is 5.28 Å². The van der Waals surface area contributed by atoms with Gasteiger partial charge in [0.15, 0.2) is 0 Å². The molecule has 1 atom stereocenters. The molecule has 0 bridgehead atoms. The van der Waals surface area contributed by atoms with Gasteiger partial charge in [-0.3, -0.25) is 14.5 Å². The molecule has 0 spiro atoms. The maximum atomic E-state index is 11.6. The van der Waals surface area contributed by atoms with Gasteiger partial charge >= 0.3 is 0 Å². The Balaban J connectivity index is 2.16. The zero-order valence-corrected chi connectivity index (χ0v) is 9.60. The third kappa shape index (κ3) is 2.26.